The van der Waals surface area contributed by atoms with Gasteiger partial charge in [-0.2, -0.15) is 0 Å². The number of ketones is 2. The molecule has 0 saturated heterocycles. The monoisotopic (exact) mass is 336 g/mol. The molecule has 124 valence electrons. The fourth-order valence-electron chi connectivity index (χ4n) is 2.29. The zero-order valence-corrected chi connectivity index (χ0v) is 14.3. The summed E-state index contributed by atoms with van der Waals surface area (Å²) in [5, 5.41) is 5.94. The molecule has 0 unspecified atom stereocenters. The molecule has 0 spiro atoms. The Labute approximate surface area is 139 Å². The molecule has 0 radical (unpaired) electrons. The van der Waals surface area contributed by atoms with E-state index in [-0.39, 0.29) is 22.8 Å². The summed E-state index contributed by atoms with van der Waals surface area (Å²) in [6, 6.07) is 0. The lowest BCUT2D eigenvalue weighted by Crippen LogP contribution is -2.24. The van der Waals surface area contributed by atoms with Gasteiger partial charge in [-0.3, -0.25) is 14.4 Å². The molecular formula is C16H20N2O4S. The Morgan fingerprint density at radius 1 is 1.39 bits per heavy atom. The van der Waals surface area contributed by atoms with Crippen LogP contribution in [0.15, 0.2) is 15.5 Å². The predicted octanol–water partition coefficient (Wildman–Crippen LogP) is 2.86. The molecule has 7 heteroatoms. The fourth-order valence-corrected chi connectivity index (χ4v) is 3.46. The van der Waals surface area contributed by atoms with Crippen LogP contribution in [-0.4, -0.2) is 35.4 Å². The molecule has 0 bridgehead atoms. The van der Waals surface area contributed by atoms with Crippen molar-refractivity contribution >= 4 is 29.2 Å². The average molecular weight is 336 g/mol. The van der Waals surface area contributed by atoms with Crippen molar-refractivity contribution < 1.29 is 18.9 Å². The Bertz CT molecular complexity index is 659. The number of allylic oxidation sites excluding steroid dienone is 2. The van der Waals surface area contributed by atoms with Gasteiger partial charge in [0.05, 0.1) is 4.91 Å². The van der Waals surface area contributed by atoms with Crippen molar-refractivity contribution in [1.82, 2.24) is 10.5 Å². The summed E-state index contributed by atoms with van der Waals surface area (Å²) in [6.07, 6.45) is 4.86. The summed E-state index contributed by atoms with van der Waals surface area (Å²) in [7, 11) is 1.43. The zero-order valence-electron chi connectivity index (χ0n) is 13.5. The summed E-state index contributed by atoms with van der Waals surface area (Å²) in [4.78, 5) is 36.5. The predicted molar refractivity (Wildman–Crippen MR) is 87.8 cm³/mol. The number of carbonyl (C=O) groups excluding carboxylic acids is 3. The normalized spacial score (nSPS) is 16.7. The van der Waals surface area contributed by atoms with Crippen LogP contribution in [0.25, 0.3) is 0 Å². The molecule has 6 nitrogen and oxygen atoms in total. The van der Waals surface area contributed by atoms with Crippen molar-refractivity contribution in [1.29, 1.82) is 0 Å². The van der Waals surface area contributed by atoms with Crippen LogP contribution in [0.3, 0.4) is 0 Å². The average Bonchev–Trinajstić information content (AvgIpc) is 2.97. The van der Waals surface area contributed by atoms with Gasteiger partial charge < -0.3 is 9.84 Å². The maximum absolute atomic E-state index is 12.5. The molecule has 1 aromatic heterocycles. The van der Waals surface area contributed by atoms with Crippen LogP contribution in [0, 0.1) is 5.92 Å². The molecule has 0 atom stereocenters. The Morgan fingerprint density at radius 2 is 2.09 bits per heavy atom. The summed E-state index contributed by atoms with van der Waals surface area (Å²) in [5.74, 6) is -0.0166. The molecule has 1 heterocycles. The highest BCUT2D eigenvalue weighted by molar-refractivity contribution is 8.04. The Kier molecular flexibility index (Phi) is 5.76. The highest BCUT2D eigenvalue weighted by atomic mass is 32.2. The number of fused-ring (bicyclic) bond motifs is 1. The smallest absolute Gasteiger partial charge is 0.274 e. The number of nitrogens with zero attached hydrogens (tertiary/aromatic N) is 1. The van der Waals surface area contributed by atoms with Gasteiger partial charge in [0.2, 0.25) is 17.3 Å². The van der Waals surface area contributed by atoms with Gasteiger partial charge in [-0.1, -0.05) is 25.4 Å². The van der Waals surface area contributed by atoms with Crippen molar-refractivity contribution in [2.24, 2.45) is 5.92 Å². The molecule has 3 rings (SSSR count). The number of amides is 1. The van der Waals surface area contributed by atoms with Crippen LogP contribution >= 0.6 is 11.8 Å². The molecular weight excluding hydrogens is 316 g/mol. The topological polar surface area (TPSA) is 89.3 Å². The molecule has 0 aromatic carbocycles. The van der Waals surface area contributed by atoms with E-state index < -0.39 is 11.7 Å². The van der Waals surface area contributed by atoms with Crippen LogP contribution in [0.4, 0.5) is 0 Å². The molecule has 23 heavy (non-hydrogen) atoms. The number of hydrogen-bond donors (Lipinski definition) is 1. The molecule has 2 aliphatic carbocycles. The maximum Gasteiger partial charge on any atom is 0.274 e. The Morgan fingerprint density at radius 3 is 2.65 bits per heavy atom. The standard InChI is InChI=1S/C14H14N2O4S.C2H6/c1-15-14(19)11-10-12(18)9(21-6-7-3-2-4-7)5-8(17)13(10)20-16-11;1-2/h5,7H,2-4,6H2,1H3,(H,15,19);1-2H3. The van der Waals surface area contributed by atoms with Gasteiger partial charge in [0.25, 0.3) is 5.91 Å². The lowest BCUT2D eigenvalue weighted by atomic mass is 9.87. The second kappa shape index (κ2) is 7.59. The van der Waals surface area contributed by atoms with Crippen LogP contribution < -0.4 is 5.32 Å². The van der Waals surface area contributed by atoms with Gasteiger partial charge in [-0.25, -0.2) is 0 Å². The highest BCUT2D eigenvalue weighted by Crippen LogP contribution is 2.35. The fraction of sp³-hybridized carbons (Fsp3) is 0.500. The number of thioether (sulfide) groups is 1. The van der Waals surface area contributed by atoms with Crippen molar-refractivity contribution in [3.8, 4) is 0 Å². The van der Waals surface area contributed by atoms with Crippen molar-refractivity contribution in [3.05, 3.63) is 28.0 Å². The number of rotatable bonds is 4. The van der Waals surface area contributed by atoms with Gasteiger partial charge >= 0.3 is 0 Å². The van der Waals surface area contributed by atoms with E-state index in [1.165, 1.54) is 44.1 Å². The third-order valence-corrected chi connectivity index (χ3v) is 5.02. The van der Waals surface area contributed by atoms with E-state index in [0.717, 1.165) is 5.75 Å². The summed E-state index contributed by atoms with van der Waals surface area (Å²) in [6.45, 7) is 4.00. The maximum atomic E-state index is 12.5. The van der Waals surface area contributed by atoms with E-state index in [9.17, 15) is 14.4 Å². The van der Waals surface area contributed by atoms with E-state index in [0.29, 0.717) is 10.8 Å². The lowest BCUT2D eigenvalue weighted by Gasteiger charge is -2.25. The van der Waals surface area contributed by atoms with Crippen LogP contribution in [0.5, 0.6) is 0 Å². The SMILES string of the molecule is CC.CNC(=O)c1noc2c1C(=O)C(SCC1CCC1)=CC2=O. The van der Waals surface area contributed by atoms with Crippen molar-refractivity contribution in [2.45, 2.75) is 33.1 Å². The second-order valence-electron chi connectivity index (χ2n) is 5.12. The number of hydrogen-bond acceptors (Lipinski definition) is 6. The molecule has 1 saturated carbocycles. The molecule has 2 aliphatic rings. The van der Waals surface area contributed by atoms with Crippen molar-refractivity contribution in [3.63, 3.8) is 0 Å². The van der Waals surface area contributed by atoms with Crippen molar-refractivity contribution in [2.75, 3.05) is 12.8 Å². The van der Waals surface area contributed by atoms with Gasteiger partial charge in [0, 0.05) is 18.9 Å². The molecule has 0 aliphatic heterocycles. The van der Waals surface area contributed by atoms with Crippen LogP contribution in [0.2, 0.25) is 0 Å². The number of nitrogens with one attached hydrogen (secondary N) is 1. The first-order chi connectivity index (χ1) is 11.1. The van der Waals surface area contributed by atoms with E-state index in [1.807, 2.05) is 13.8 Å². The summed E-state index contributed by atoms with van der Waals surface area (Å²) < 4.78 is 4.86. The quantitative estimate of drug-likeness (QED) is 0.909. The third-order valence-electron chi connectivity index (χ3n) is 3.77. The van der Waals surface area contributed by atoms with E-state index >= 15 is 0 Å². The van der Waals surface area contributed by atoms with Gasteiger partial charge in [-0.05, 0) is 18.8 Å². The number of aromatic nitrogens is 1. The first kappa shape index (κ1) is 17.5. The minimum Gasteiger partial charge on any atom is -0.354 e. The minimum absolute atomic E-state index is 0.0158. The van der Waals surface area contributed by atoms with Crippen LogP contribution in [0.1, 0.15) is 64.5 Å². The summed E-state index contributed by atoms with van der Waals surface area (Å²) in [5.41, 5.74) is -0.140. The molecule has 1 fully saturated rings. The number of Topliss-reactive ketones (excluding diaryl/α,β-unsaturated/α-hetero) is 1. The molecule has 1 N–H and O–H groups in total. The molecule has 1 aromatic rings. The van der Waals surface area contributed by atoms with Crippen LogP contribution in [-0.2, 0) is 0 Å². The largest absolute Gasteiger partial charge is 0.354 e. The minimum atomic E-state index is -0.536. The third kappa shape index (κ3) is 3.39. The second-order valence-corrected chi connectivity index (χ2v) is 6.19. The zero-order chi connectivity index (χ0) is 17.0. The first-order valence-electron chi connectivity index (χ1n) is 7.77. The first-order valence-corrected chi connectivity index (χ1v) is 8.75. The van der Waals surface area contributed by atoms with Gasteiger partial charge in [0.1, 0.15) is 5.56 Å². The summed E-state index contributed by atoms with van der Waals surface area (Å²) >= 11 is 1.38. The van der Waals surface area contributed by atoms with E-state index in [2.05, 4.69) is 10.5 Å². The highest BCUT2D eigenvalue weighted by Gasteiger charge is 2.36. The Hall–Kier alpha value is -1.89. The van der Waals surface area contributed by atoms with E-state index in [4.69, 9.17) is 4.52 Å². The molecule has 1 amide bonds. The number of carbonyl (C=O) groups is 3. The lowest BCUT2D eigenvalue weighted by molar-refractivity contribution is 0.0944. The van der Waals surface area contributed by atoms with Gasteiger partial charge in [-0.15, -0.1) is 11.8 Å². The Balaban J connectivity index is 0.000000924. The van der Waals surface area contributed by atoms with E-state index in [1.54, 1.807) is 0 Å². The van der Waals surface area contributed by atoms with Gasteiger partial charge in [0.15, 0.2) is 5.69 Å².